The molecule has 0 spiro atoms. The zero-order valence-electron chi connectivity index (χ0n) is 9.06. The predicted octanol–water partition coefficient (Wildman–Crippen LogP) is 0.819. The van der Waals surface area contributed by atoms with Crippen LogP contribution in [0.1, 0.15) is 22.8 Å². The highest BCUT2D eigenvalue weighted by Gasteiger charge is 2.21. The van der Waals surface area contributed by atoms with E-state index in [1.54, 1.807) is 26.0 Å². The minimum atomic E-state index is -3.93. The van der Waals surface area contributed by atoms with Crippen LogP contribution in [0.5, 0.6) is 0 Å². The smallest absolute Gasteiger partial charge is 0.339 e. The Labute approximate surface area is 94.3 Å². The summed E-state index contributed by atoms with van der Waals surface area (Å²) in [5, 5.41) is 5.06. The molecule has 1 aromatic carbocycles. The molecule has 0 saturated carbocycles. The summed E-state index contributed by atoms with van der Waals surface area (Å²) in [6.45, 7) is 3.39. The standard InChI is InChI=1S/C10H13NO4S/c1-3-15-10(12)8-6-4-5-7(2)9(8)16(11,13)14/h4-6H,3H2,1-2H3,(H2,11,13,14). The van der Waals surface area contributed by atoms with Gasteiger partial charge in [0.1, 0.15) is 0 Å². The predicted molar refractivity (Wildman–Crippen MR) is 58.5 cm³/mol. The molecule has 0 aliphatic carbocycles. The van der Waals surface area contributed by atoms with Crippen LogP contribution in [0.2, 0.25) is 0 Å². The summed E-state index contributed by atoms with van der Waals surface area (Å²) in [6, 6.07) is 4.53. The Morgan fingerprint density at radius 3 is 2.56 bits per heavy atom. The molecule has 0 aromatic heterocycles. The van der Waals surface area contributed by atoms with Crippen molar-refractivity contribution in [3.05, 3.63) is 29.3 Å². The number of ether oxygens (including phenoxy) is 1. The number of nitrogens with two attached hydrogens (primary N) is 1. The van der Waals surface area contributed by atoms with Crippen LogP contribution in [0.15, 0.2) is 23.1 Å². The third-order valence-electron chi connectivity index (χ3n) is 1.99. The molecule has 1 rings (SSSR count). The van der Waals surface area contributed by atoms with Crippen molar-refractivity contribution in [1.29, 1.82) is 0 Å². The molecule has 0 heterocycles. The van der Waals surface area contributed by atoms with Crippen LogP contribution in [-0.2, 0) is 14.8 Å². The molecule has 88 valence electrons. The van der Waals surface area contributed by atoms with E-state index in [2.05, 4.69) is 0 Å². The minimum absolute atomic E-state index is 0.0237. The van der Waals surface area contributed by atoms with Crippen molar-refractivity contribution in [2.45, 2.75) is 18.7 Å². The zero-order chi connectivity index (χ0) is 12.3. The van der Waals surface area contributed by atoms with E-state index in [1.807, 2.05) is 0 Å². The molecular formula is C10H13NO4S. The first-order chi connectivity index (χ1) is 7.38. The molecule has 2 N–H and O–H groups in total. The van der Waals surface area contributed by atoms with Crippen LogP contribution in [0.3, 0.4) is 0 Å². The number of benzene rings is 1. The molecule has 6 heteroatoms. The normalized spacial score (nSPS) is 11.2. The lowest BCUT2D eigenvalue weighted by atomic mass is 10.1. The van der Waals surface area contributed by atoms with Gasteiger partial charge in [-0.25, -0.2) is 18.4 Å². The maximum atomic E-state index is 11.5. The first-order valence-corrected chi connectivity index (χ1v) is 6.22. The number of hydrogen-bond donors (Lipinski definition) is 1. The highest BCUT2D eigenvalue weighted by molar-refractivity contribution is 7.89. The highest BCUT2D eigenvalue weighted by Crippen LogP contribution is 2.19. The van der Waals surface area contributed by atoms with Crippen LogP contribution in [-0.4, -0.2) is 21.0 Å². The lowest BCUT2D eigenvalue weighted by Gasteiger charge is -2.09. The van der Waals surface area contributed by atoms with Crippen molar-refractivity contribution < 1.29 is 17.9 Å². The van der Waals surface area contributed by atoms with Gasteiger partial charge in [-0.3, -0.25) is 0 Å². The van der Waals surface area contributed by atoms with Crippen molar-refractivity contribution in [2.75, 3.05) is 6.61 Å². The Morgan fingerprint density at radius 1 is 1.44 bits per heavy atom. The van der Waals surface area contributed by atoms with Crippen molar-refractivity contribution in [2.24, 2.45) is 5.14 Å². The average molecular weight is 243 g/mol. The van der Waals surface area contributed by atoms with Gasteiger partial charge >= 0.3 is 5.97 Å². The van der Waals surface area contributed by atoms with E-state index < -0.39 is 16.0 Å². The summed E-state index contributed by atoms with van der Waals surface area (Å²) in [5.74, 6) is -0.685. The van der Waals surface area contributed by atoms with Gasteiger partial charge in [-0.1, -0.05) is 12.1 Å². The van der Waals surface area contributed by atoms with Gasteiger partial charge < -0.3 is 4.74 Å². The second-order valence-electron chi connectivity index (χ2n) is 3.22. The number of primary sulfonamides is 1. The van der Waals surface area contributed by atoms with Gasteiger partial charge in [-0.05, 0) is 25.5 Å². The summed E-state index contributed by atoms with van der Waals surface area (Å²) < 4.78 is 27.5. The van der Waals surface area contributed by atoms with E-state index in [-0.39, 0.29) is 17.1 Å². The lowest BCUT2D eigenvalue weighted by Crippen LogP contribution is -2.19. The van der Waals surface area contributed by atoms with Crippen molar-refractivity contribution in [3.8, 4) is 0 Å². The summed E-state index contributed by atoms with van der Waals surface area (Å²) >= 11 is 0. The Balaban J connectivity index is 3.41. The summed E-state index contributed by atoms with van der Waals surface area (Å²) in [5.41, 5.74) is 0.400. The second kappa shape index (κ2) is 4.63. The number of esters is 1. The molecule has 0 saturated heterocycles. The van der Waals surface area contributed by atoms with Crippen molar-refractivity contribution >= 4 is 16.0 Å². The Kier molecular flexibility index (Phi) is 3.66. The number of rotatable bonds is 3. The van der Waals surface area contributed by atoms with Crippen LogP contribution < -0.4 is 5.14 Å². The second-order valence-corrected chi connectivity index (χ2v) is 4.72. The zero-order valence-corrected chi connectivity index (χ0v) is 9.87. The summed E-state index contributed by atoms with van der Waals surface area (Å²) in [4.78, 5) is 11.3. The fourth-order valence-electron chi connectivity index (χ4n) is 1.40. The van der Waals surface area contributed by atoms with E-state index >= 15 is 0 Å². The number of hydrogen-bond acceptors (Lipinski definition) is 4. The van der Waals surface area contributed by atoms with Crippen molar-refractivity contribution in [3.63, 3.8) is 0 Å². The molecular weight excluding hydrogens is 230 g/mol. The molecule has 0 unspecified atom stereocenters. The van der Waals surface area contributed by atoms with Gasteiger partial charge in [0.2, 0.25) is 10.0 Å². The Bertz CT molecular complexity index is 508. The fraction of sp³-hybridized carbons (Fsp3) is 0.300. The SMILES string of the molecule is CCOC(=O)c1cccc(C)c1S(N)(=O)=O. The van der Waals surface area contributed by atoms with Gasteiger partial charge in [-0.15, -0.1) is 0 Å². The van der Waals surface area contributed by atoms with E-state index in [0.29, 0.717) is 5.56 Å². The number of carbonyl (C=O) groups is 1. The quantitative estimate of drug-likeness (QED) is 0.796. The number of carbonyl (C=O) groups excluding carboxylic acids is 1. The largest absolute Gasteiger partial charge is 0.462 e. The van der Waals surface area contributed by atoms with Crippen LogP contribution >= 0.6 is 0 Å². The molecule has 0 aliphatic rings. The van der Waals surface area contributed by atoms with Crippen molar-refractivity contribution in [1.82, 2.24) is 0 Å². The van der Waals surface area contributed by atoms with E-state index in [0.717, 1.165) is 0 Å². The maximum Gasteiger partial charge on any atom is 0.339 e. The minimum Gasteiger partial charge on any atom is -0.462 e. The van der Waals surface area contributed by atoms with E-state index in [4.69, 9.17) is 9.88 Å². The summed E-state index contributed by atoms with van der Waals surface area (Å²) in [6.07, 6.45) is 0. The van der Waals surface area contributed by atoms with Gasteiger partial charge in [0.15, 0.2) is 0 Å². The Morgan fingerprint density at radius 2 is 2.06 bits per heavy atom. The monoisotopic (exact) mass is 243 g/mol. The first kappa shape index (κ1) is 12.7. The first-order valence-electron chi connectivity index (χ1n) is 4.67. The number of sulfonamides is 1. The van der Waals surface area contributed by atoms with Crippen LogP contribution in [0, 0.1) is 6.92 Å². The maximum absolute atomic E-state index is 11.5. The van der Waals surface area contributed by atoms with E-state index in [1.165, 1.54) is 6.07 Å². The van der Waals surface area contributed by atoms with Gasteiger partial charge in [0.05, 0.1) is 17.1 Å². The molecule has 1 aromatic rings. The van der Waals surface area contributed by atoms with E-state index in [9.17, 15) is 13.2 Å². The molecule has 16 heavy (non-hydrogen) atoms. The third kappa shape index (κ3) is 2.59. The average Bonchev–Trinajstić information content (AvgIpc) is 2.15. The molecule has 0 radical (unpaired) electrons. The highest BCUT2D eigenvalue weighted by atomic mass is 32.2. The van der Waals surface area contributed by atoms with Crippen LogP contribution in [0.4, 0.5) is 0 Å². The van der Waals surface area contributed by atoms with Gasteiger partial charge in [0.25, 0.3) is 0 Å². The molecule has 0 aliphatic heterocycles. The van der Waals surface area contributed by atoms with Crippen LogP contribution in [0.25, 0.3) is 0 Å². The molecule has 5 nitrogen and oxygen atoms in total. The molecule has 0 atom stereocenters. The topological polar surface area (TPSA) is 86.5 Å². The molecule has 0 bridgehead atoms. The molecule has 0 amide bonds. The summed E-state index contributed by atoms with van der Waals surface area (Å²) in [7, 11) is -3.93. The third-order valence-corrected chi connectivity index (χ3v) is 3.10. The number of aryl methyl sites for hydroxylation is 1. The van der Waals surface area contributed by atoms with Gasteiger partial charge in [0, 0.05) is 0 Å². The lowest BCUT2D eigenvalue weighted by molar-refractivity contribution is 0.0521. The van der Waals surface area contributed by atoms with Gasteiger partial charge in [-0.2, -0.15) is 0 Å². The Hall–Kier alpha value is -1.40. The fourth-order valence-corrected chi connectivity index (χ4v) is 2.37. The molecule has 0 fully saturated rings.